The number of urea groups is 1. The van der Waals surface area contributed by atoms with Crippen LogP contribution in [0.1, 0.15) is 12.5 Å². The standard InChI is InChI=1S/C20H21N3O5/c1-20(13-9-10-15(27-2)16(11-13)28-3)18(25)23(19(26)22-20)12-17(24)21-14-7-5-4-6-8-14/h4-11H,12H2,1-3H3,(H,21,24)(H,22,26)/t20-/m1/s1. The Labute approximate surface area is 162 Å². The van der Waals surface area contributed by atoms with Gasteiger partial charge in [-0.25, -0.2) is 4.79 Å². The summed E-state index contributed by atoms with van der Waals surface area (Å²) in [5, 5.41) is 5.33. The van der Waals surface area contributed by atoms with E-state index in [0.29, 0.717) is 22.7 Å². The molecule has 1 saturated heterocycles. The van der Waals surface area contributed by atoms with Crippen LogP contribution in [0.4, 0.5) is 10.5 Å². The smallest absolute Gasteiger partial charge is 0.325 e. The molecule has 1 aliphatic heterocycles. The normalized spacial score (nSPS) is 18.6. The van der Waals surface area contributed by atoms with E-state index in [0.717, 1.165) is 4.90 Å². The Hall–Kier alpha value is -3.55. The lowest BCUT2D eigenvalue weighted by atomic mass is 9.91. The zero-order chi connectivity index (χ0) is 20.3. The molecule has 2 aromatic carbocycles. The van der Waals surface area contributed by atoms with Crippen molar-refractivity contribution in [2.75, 3.05) is 26.1 Å². The van der Waals surface area contributed by atoms with Crippen LogP contribution in [0, 0.1) is 0 Å². The maximum atomic E-state index is 13.0. The Morgan fingerprint density at radius 2 is 1.75 bits per heavy atom. The number of hydrogen-bond acceptors (Lipinski definition) is 5. The molecule has 8 nitrogen and oxygen atoms in total. The Kier molecular flexibility index (Phi) is 5.21. The highest BCUT2D eigenvalue weighted by atomic mass is 16.5. The van der Waals surface area contributed by atoms with E-state index < -0.39 is 23.4 Å². The highest BCUT2D eigenvalue weighted by Crippen LogP contribution is 2.35. The van der Waals surface area contributed by atoms with Gasteiger partial charge in [0, 0.05) is 5.69 Å². The lowest BCUT2D eigenvalue weighted by molar-refractivity contribution is -0.133. The molecule has 146 valence electrons. The quantitative estimate of drug-likeness (QED) is 0.745. The van der Waals surface area contributed by atoms with Gasteiger partial charge in [-0.15, -0.1) is 0 Å². The van der Waals surface area contributed by atoms with Gasteiger partial charge < -0.3 is 20.1 Å². The van der Waals surface area contributed by atoms with E-state index in [1.807, 2.05) is 6.07 Å². The first-order chi connectivity index (χ1) is 13.4. The van der Waals surface area contributed by atoms with E-state index in [1.165, 1.54) is 14.2 Å². The van der Waals surface area contributed by atoms with E-state index in [1.54, 1.807) is 49.4 Å². The molecule has 2 aromatic rings. The van der Waals surface area contributed by atoms with Crippen molar-refractivity contribution in [1.82, 2.24) is 10.2 Å². The molecule has 1 fully saturated rings. The SMILES string of the molecule is COc1ccc([C@@]2(C)NC(=O)N(CC(=O)Nc3ccccc3)C2=O)cc1OC. The van der Waals surface area contributed by atoms with Gasteiger partial charge in [-0.05, 0) is 36.8 Å². The summed E-state index contributed by atoms with van der Waals surface area (Å²) in [6.45, 7) is 1.20. The fraction of sp³-hybridized carbons (Fsp3) is 0.250. The summed E-state index contributed by atoms with van der Waals surface area (Å²) in [5.41, 5.74) is -0.208. The van der Waals surface area contributed by atoms with Crippen LogP contribution in [-0.4, -0.2) is 43.5 Å². The first kappa shape index (κ1) is 19.2. The average Bonchev–Trinajstić information content (AvgIpc) is 2.92. The summed E-state index contributed by atoms with van der Waals surface area (Å²) in [7, 11) is 2.99. The van der Waals surface area contributed by atoms with Gasteiger partial charge in [-0.1, -0.05) is 24.3 Å². The van der Waals surface area contributed by atoms with Gasteiger partial charge in [0.1, 0.15) is 12.1 Å². The fourth-order valence-electron chi connectivity index (χ4n) is 3.05. The second-order valence-corrected chi connectivity index (χ2v) is 6.43. The number of nitrogens with zero attached hydrogens (tertiary/aromatic N) is 1. The van der Waals surface area contributed by atoms with Gasteiger partial charge in [-0.2, -0.15) is 0 Å². The molecule has 0 aromatic heterocycles. The molecule has 1 heterocycles. The lowest BCUT2D eigenvalue weighted by Gasteiger charge is -2.23. The first-order valence-corrected chi connectivity index (χ1v) is 8.60. The van der Waals surface area contributed by atoms with Gasteiger partial charge in [0.15, 0.2) is 11.5 Å². The number of hydrogen-bond donors (Lipinski definition) is 2. The number of ether oxygens (including phenoxy) is 2. The minimum Gasteiger partial charge on any atom is -0.493 e. The number of methoxy groups -OCH3 is 2. The molecule has 0 radical (unpaired) electrons. The Morgan fingerprint density at radius 1 is 1.07 bits per heavy atom. The number of imide groups is 1. The lowest BCUT2D eigenvalue weighted by Crippen LogP contribution is -2.42. The number of amides is 4. The second-order valence-electron chi connectivity index (χ2n) is 6.43. The van der Waals surface area contributed by atoms with Crippen molar-refractivity contribution in [3.05, 3.63) is 54.1 Å². The maximum absolute atomic E-state index is 13.0. The minimum absolute atomic E-state index is 0.386. The van der Waals surface area contributed by atoms with E-state index in [2.05, 4.69) is 10.6 Å². The zero-order valence-electron chi connectivity index (χ0n) is 15.8. The number of carbonyl (C=O) groups is 3. The molecule has 0 aliphatic carbocycles. The van der Waals surface area contributed by atoms with Gasteiger partial charge in [0.25, 0.3) is 5.91 Å². The molecule has 1 aliphatic rings. The maximum Gasteiger partial charge on any atom is 0.325 e. The van der Waals surface area contributed by atoms with Gasteiger partial charge in [0.05, 0.1) is 14.2 Å². The Bertz CT molecular complexity index is 915. The van der Waals surface area contributed by atoms with Crippen molar-refractivity contribution < 1.29 is 23.9 Å². The third-order valence-electron chi connectivity index (χ3n) is 4.60. The number of anilines is 1. The first-order valence-electron chi connectivity index (χ1n) is 8.60. The molecule has 1 atom stereocenters. The van der Waals surface area contributed by atoms with Crippen LogP contribution in [0.25, 0.3) is 0 Å². The van der Waals surface area contributed by atoms with Gasteiger partial charge in [-0.3, -0.25) is 14.5 Å². The Morgan fingerprint density at radius 3 is 2.39 bits per heavy atom. The van der Waals surface area contributed by atoms with Crippen molar-refractivity contribution in [3.63, 3.8) is 0 Å². The third-order valence-corrected chi connectivity index (χ3v) is 4.60. The zero-order valence-corrected chi connectivity index (χ0v) is 15.8. The molecule has 0 saturated carbocycles. The molecule has 8 heteroatoms. The van der Waals surface area contributed by atoms with Crippen LogP contribution in [0.5, 0.6) is 11.5 Å². The summed E-state index contributed by atoms with van der Waals surface area (Å²) in [5.74, 6) is -0.0477. The van der Waals surface area contributed by atoms with Crippen molar-refractivity contribution in [2.24, 2.45) is 0 Å². The average molecular weight is 383 g/mol. The summed E-state index contributed by atoms with van der Waals surface area (Å²) in [6, 6.07) is 13.1. The van der Waals surface area contributed by atoms with Crippen LogP contribution < -0.4 is 20.1 Å². The monoisotopic (exact) mass is 383 g/mol. The molecular weight excluding hydrogens is 362 g/mol. The predicted octanol–water partition coefficient (Wildman–Crippen LogP) is 2.11. The topological polar surface area (TPSA) is 97.0 Å². The number of rotatable bonds is 6. The van der Waals surface area contributed by atoms with Gasteiger partial charge in [0.2, 0.25) is 5.91 Å². The third kappa shape index (κ3) is 3.48. The van der Waals surface area contributed by atoms with E-state index in [9.17, 15) is 14.4 Å². The van der Waals surface area contributed by atoms with Crippen molar-refractivity contribution in [2.45, 2.75) is 12.5 Å². The molecule has 28 heavy (non-hydrogen) atoms. The van der Waals surface area contributed by atoms with Crippen molar-refractivity contribution in [3.8, 4) is 11.5 Å². The highest BCUT2D eigenvalue weighted by molar-refractivity contribution is 6.10. The molecule has 0 spiro atoms. The summed E-state index contributed by atoms with van der Waals surface area (Å²) in [6.07, 6.45) is 0. The van der Waals surface area contributed by atoms with Crippen LogP contribution in [-0.2, 0) is 15.1 Å². The summed E-state index contributed by atoms with van der Waals surface area (Å²) in [4.78, 5) is 38.5. The fourth-order valence-corrected chi connectivity index (χ4v) is 3.05. The van der Waals surface area contributed by atoms with Gasteiger partial charge >= 0.3 is 6.03 Å². The van der Waals surface area contributed by atoms with E-state index in [-0.39, 0.29) is 6.54 Å². The van der Waals surface area contributed by atoms with Crippen LogP contribution >= 0.6 is 0 Å². The van der Waals surface area contributed by atoms with Crippen molar-refractivity contribution in [1.29, 1.82) is 0 Å². The van der Waals surface area contributed by atoms with Crippen LogP contribution in [0.3, 0.4) is 0 Å². The van der Waals surface area contributed by atoms with Crippen LogP contribution in [0.2, 0.25) is 0 Å². The number of carbonyl (C=O) groups excluding carboxylic acids is 3. The highest BCUT2D eigenvalue weighted by Gasteiger charge is 2.49. The number of nitrogens with one attached hydrogen (secondary N) is 2. The molecular formula is C20H21N3O5. The molecule has 0 unspecified atom stereocenters. The molecule has 0 bridgehead atoms. The predicted molar refractivity (Wildman–Crippen MR) is 102 cm³/mol. The Balaban J connectivity index is 1.79. The van der Waals surface area contributed by atoms with Crippen LogP contribution in [0.15, 0.2) is 48.5 Å². The number of benzene rings is 2. The minimum atomic E-state index is -1.32. The molecule has 2 N–H and O–H groups in total. The number of para-hydroxylation sites is 1. The van der Waals surface area contributed by atoms with Crippen molar-refractivity contribution >= 4 is 23.5 Å². The molecule has 4 amide bonds. The largest absolute Gasteiger partial charge is 0.493 e. The summed E-state index contributed by atoms with van der Waals surface area (Å²) >= 11 is 0. The van der Waals surface area contributed by atoms with E-state index >= 15 is 0 Å². The summed E-state index contributed by atoms with van der Waals surface area (Å²) < 4.78 is 10.5. The molecule has 3 rings (SSSR count). The van der Waals surface area contributed by atoms with E-state index in [4.69, 9.17) is 9.47 Å². The second kappa shape index (κ2) is 7.59.